The van der Waals surface area contributed by atoms with Crippen molar-refractivity contribution in [1.82, 2.24) is 9.80 Å². The zero-order valence-electron chi connectivity index (χ0n) is 16.2. The average Bonchev–Trinajstić information content (AvgIpc) is 2.98. The molecule has 2 aromatic carbocycles. The highest BCUT2D eigenvalue weighted by atomic mass is 16.5. The van der Waals surface area contributed by atoms with Crippen molar-refractivity contribution >= 4 is 17.4 Å². The molecule has 1 aliphatic rings. The third kappa shape index (κ3) is 3.69. The summed E-state index contributed by atoms with van der Waals surface area (Å²) in [6.45, 7) is 6.99. The normalized spacial score (nSPS) is 13.9. The van der Waals surface area contributed by atoms with E-state index in [0.717, 1.165) is 5.56 Å². The lowest BCUT2D eigenvalue weighted by atomic mass is 10.0. The second-order valence-corrected chi connectivity index (χ2v) is 6.46. The molecule has 0 N–H and O–H groups in total. The summed E-state index contributed by atoms with van der Waals surface area (Å²) >= 11 is 0. The van der Waals surface area contributed by atoms with Gasteiger partial charge in [0.15, 0.2) is 0 Å². The fourth-order valence-corrected chi connectivity index (χ4v) is 3.32. The van der Waals surface area contributed by atoms with Gasteiger partial charge in [-0.2, -0.15) is 0 Å². The minimum atomic E-state index is -0.295. The molecule has 0 aliphatic carbocycles. The molecule has 28 heavy (non-hydrogen) atoms. The van der Waals surface area contributed by atoms with Crippen molar-refractivity contribution in [3.63, 3.8) is 0 Å². The molecule has 0 fully saturated rings. The number of hydrogen-bond donors (Lipinski definition) is 0. The Morgan fingerprint density at radius 3 is 2.29 bits per heavy atom. The zero-order chi connectivity index (χ0) is 20.1. The number of amides is 2. The number of ether oxygens (including phenoxy) is 1. The molecule has 5 nitrogen and oxygen atoms in total. The summed E-state index contributed by atoms with van der Waals surface area (Å²) in [7, 11) is 1.59. The minimum absolute atomic E-state index is 0.184. The van der Waals surface area contributed by atoms with Gasteiger partial charge in [0.05, 0.1) is 12.7 Å². The van der Waals surface area contributed by atoms with E-state index in [2.05, 4.69) is 6.58 Å². The van der Waals surface area contributed by atoms with Crippen LogP contribution in [-0.2, 0) is 16.1 Å². The Bertz CT molecular complexity index is 901. The molecule has 0 saturated carbocycles. The lowest BCUT2D eigenvalue weighted by molar-refractivity contribution is -0.136. The van der Waals surface area contributed by atoms with Gasteiger partial charge in [0.1, 0.15) is 11.4 Å². The first-order chi connectivity index (χ1) is 13.6. The van der Waals surface area contributed by atoms with E-state index in [9.17, 15) is 9.59 Å². The highest BCUT2D eigenvalue weighted by Gasteiger charge is 2.40. The van der Waals surface area contributed by atoms with Crippen LogP contribution in [0.4, 0.5) is 0 Å². The van der Waals surface area contributed by atoms with E-state index in [1.165, 1.54) is 4.90 Å². The molecule has 0 atom stereocenters. The molecule has 0 radical (unpaired) electrons. The Labute approximate surface area is 165 Å². The first-order valence-electron chi connectivity index (χ1n) is 9.25. The molecule has 0 aromatic heterocycles. The van der Waals surface area contributed by atoms with Crippen molar-refractivity contribution in [3.05, 3.63) is 84.1 Å². The summed E-state index contributed by atoms with van der Waals surface area (Å²) in [5.41, 5.74) is 2.64. The van der Waals surface area contributed by atoms with Crippen LogP contribution in [-0.4, -0.2) is 41.8 Å². The van der Waals surface area contributed by atoms with E-state index in [1.807, 2.05) is 54.3 Å². The first-order valence-corrected chi connectivity index (χ1v) is 9.25. The van der Waals surface area contributed by atoms with Crippen molar-refractivity contribution in [3.8, 4) is 5.75 Å². The zero-order valence-corrected chi connectivity index (χ0v) is 16.2. The number of benzene rings is 2. The van der Waals surface area contributed by atoms with Gasteiger partial charge in [0, 0.05) is 19.6 Å². The maximum Gasteiger partial charge on any atom is 0.278 e. The molecule has 2 amide bonds. The lowest BCUT2D eigenvalue weighted by Crippen LogP contribution is -2.35. The Morgan fingerprint density at radius 1 is 1.04 bits per heavy atom. The molecule has 0 spiro atoms. The van der Waals surface area contributed by atoms with E-state index in [-0.39, 0.29) is 18.4 Å². The number of rotatable bonds is 8. The predicted octanol–water partition coefficient (Wildman–Crippen LogP) is 3.48. The van der Waals surface area contributed by atoms with Gasteiger partial charge < -0.3 is 9.64 Å². The largest absolute Gasteiger partial charge is 0.497 e. The summed E-state index contributed by atoms with van der Waals surface area (Å²) in [6.07, 6.45) is 1.57. The van der Waals surface area contributed by atoms with Crippen LogP contribution in [0.5, 0.6) is 5.75 Å². The highest BCUT2D eigenvalue weighted by Crippen LogP contribution is 2.33. The molecule has 0 saturated heterocycles. The summed E-state index contributed by atoms with van der Waals surface area (Å²) < 4.78 is 5.21. The van der Waals surface area contributed by atoms with E-state index in [1.54, 1.807) is 25.3 Å². The third-order valence-electron chi connectivity index (χ3n) is 4.75. The number of likely N-dealkylation sites (N-methyl/N-ethyl adjacent to an activating group) is 1. The van der Waals surface area contributed by atoms with Crippen LogP contribution < -0.4 is 4.74 Å². The Balaban J connectivity index is 2.07. The molecule has 2 aromatic rings. The van der Waals surface area contributed by atoms with Crippen molar-refractivity contribution < 1.29 is 14.3 Å². The minimum Gasteiger partial charge on any atom is -0.497 e. The predicted molar refractivity (Wildman–Crippen MR) is 109 cm³/mol. The maximum absolute atomic E-state index is 13.1. The van der Waals surface area contributed by atoms with Gasteiger partial charge in [-0.1, -0.05) is 48.5 Å². The van der Waals surface area contributed by atoms with Crippen molar-refractivity contribution in [2.24, 2.45) is 0 Å². The van der Waals surface area contributed by atoms with Crippen LogP contribution in [0.1, 0.15) is 18.1 Å². The van der Waals surface area contributed by atoms with Gasteiger partial charge in [-0.25, -0.2) is 0 Å². The molecule has 1 aliphatic heterocycles. The topological polar surface area (TPSA) is 49.9 Å². The van der Waals surface area contributed by atoms with Crippen LogP contribution >= 0.6 is 0 Å². The molecule has 0 unspecified atom stereocenters. The molecule has 144 valence electrons. The summed E-state index contributed by atoms with van der Waals surface area (Å²) in [5.74, 6) is 0.118. The number of hydrogen-bond acceptors (Lipinski definition) is 4. The van der Waals surface area contributed by atoms with Crippen molar-refractivity contribution in [2.75, 3.05) is 20.2 Å². The SMILES string of the molecule is C=CCN1C(=O)C(c2ccc(OC)cc2)=C(N(CC)Cc2ccccc2)C1=O. The molecule has 5 heteroatoms. The number of carbonyl (C=O) groups excluding carboxylic acids is 2. The number of carbonyl (C=O) groups is 2. The molecule has 1 heterocycles. The van der Waals surface area contributed by atoms with Crippen LogP contribution in [0.3, 0.4) is 0 Å². The van der Waals surface area contributed by atoms with Gasteiger partial charge in [-0.15, -0.1) is 6.58 Å². The maximum atomic E-state index is 13.1. The van der Waals surface area contributed by atoms with E-state index >= 15 is 0 Å². The monoisotopic (exact) mass is 376 g/mol. The van der Waals surface area contributed by atoms with Gasteiger partial charge in [-0.3, -0.25) is 14.5 Å². The summed E-state index contributed by atoms with van der Waals surface area (Å²) in [5, 5.41) is 0. The number of methoxy groups -OCH3 is 1. The van der Waals surface area contributed by atoms with Gasteiger partial charge in [-0.05, 0) is 30.2 Å². The second kappa shape index (κ2) is 8.57. The first kappa shape index (κ1) is 19.4. The quantitative estimate of drug-likeness (QED) is 0.523. The summed E-state index contributed by atoms with van der Waals surface area (Å²) in [6, 6.07) is 17.1. The van der Waals surface area contributed by atoms with Gasteiger partial charge in [0.2, 0.25) is 0 Å². The van der Waals surface area contributed by atoms with E-state index in [0.29, 0.717) is 35.7 Å². The fourth-order valence-electron chi connectivity index (χ4n) is 3.32. The Kier molecular flexibility index (Phi) is 5.94. The van der Waals surface area contributed by atoms with E-state index in [4.69, 9.17) is 4.74 Å². The average molecular weight is 376 g/mol. The standard InChI is InChI=1S/C23H24N2O3/c1-4-15-25-22(26)20(18-11-13-19(28-3)14-12-18)21(23(25)27)24(5-2)16-17-9-7-6-8-10-17/h4,6-14H,1,5,15-16H2,2-3H3. The Morgan fingerprint density at radius 2 is 1.71 bits per heavy atom. The van der Waals surface area contributed by atoms with Gasteiger partial charge >= 0.3 is 0 Å². The second-order valence-electron chi connectivity index (χ2n) is 6.46. The third-order valence-corrected chi connectivity index (χ3v) is 4.75. The summed E-state index contributed by atoms with van der Waals surface area (Å²) in [4.78, 5) is 29.4. The Hall–Kier alpha value is -3.34. The lowest BCUT2D eigenvalue weighted by Gasteiger charge is -2.24. The molecular formula is C23H24N2O3. The van der Waals surface area contributed by atoms with Crippen molar-refractivity contribution in [1.29, 1.82) is 0 Å². The van der Waals surface area contributed by atoms with E-state index < -0.39 is 0 Å². The smallest absolute Gasteiger partial charge is 0.278 e. The van der Waals surface area contributed by atoms with Crippen LogP contribution in [0, 0.1) is 0 Å². The fraction of sp³-hybridized carbons (Fsp3) is 0.217. The van der Waals surface area contributed by atoms with Crippen LogP contribution in [0.15, 0.2) is 72.9 Å². The van der Waals surface area contributed by atoms with Gasteiger partial charge in [0.25, 0.3) is 11.8 Å². The van der Waals surface area contributed by atoms with Crippen LogP contribution in [0.25, 0.3) is 5.57 Å². The molecular weight excluding hydrogens is 352 g/mol. The van der Waals surface area contributed by atoms with Crippen LogP contribution in [0.2, 0.25) is 0 Å². The van der Waals surface area contributed by atoms with Crippen molar-refractivity contribution in [2.45, 2.75) is 13.5 Å². The molecule has 0 bridgehead atoms. The molecule has 3 rings (SSSR count). The highest BCUT2D eigenvalue weighted by molar-refractivity contribution is 6.35. The number of nitrogens with zero attached hydrogens (tertiary/aromatic N) is 2. The number of imide groups is 1.